The molecular formula is C25H14Cl2FNO4. The van der Waals surface area contributed by atoms with Gasteiger partial charge in [0.25, 0.3) is 5.91 Å². The largest absolute Gasteiger partial charge is 0.503 e. The number of carbonyl (C=O) groups excluding carboxylic acids is 2. The first-order valence-corrected chi connectivity index (χ1v) is 10.6. The van der Waals surface area contributed by atoms with E-state index in [1.807, 2.05) is 0 Å². The van der Waals surface area contributed by atoms with E-state index in [4.69, 9.17) is 27.6 Å². The van der Waals surface area contributed by atoms with Crippen molar-refractivity contribution >= 4 is 51.5 Å². The third-order valence-corrected chi connectivity index (χ3v) is 5.93. The van der Waals surface area contributed by atoms with Crippen LogP contribution in [0, 0.1) is 5.82 Å². The van der Waals surface area contributed by atoms with E-state index in [0.29, 0.717) is 32.3 Å². The number of fused-ring (bicyclic) bond motifs is 1. The Kier molecular flexibility index (Phi) is 5.19. The summed E-state index contributed by atoms with van der Waals surface area (Å²) < 4.78 is 19.3. The highest BCUT2D eigenvalue weighted by Crippen LogP contribution is 2.42. The van der Waals surface area contributed by atoms with Gasteiger partial charge in [-0.25, -0.2) is 4.39 Å². The smallest absolute Gasteiger partial charge is 0.294 e. The Bertz CT molecular complexity index is 1440. The van der Waals surface area contributed by atoms with Gasteiger partial charge in [0.05, 0.1) is 11.6 Å². The van der Waals surface area contributed by atoms with Crippen LogP contribution in [-0.4, -0.2) is 16.8 Å². The van der Waals surface area contributed by atoms with Crippen molar-refractivity contribution < 1.29 is 23.5 Å². The maximum absolute atomic E-state index is 13.6. The number of hydrogen-bond acceptors (Lipinski definition) is 4. The average molecular weight is 482 g/mol. The summed E-state index contributed by atoms with van der Waals surface area (Å²) >= 11 is 12.0. The second-order valence-corrected chi connectivity index (χ2v) is 8.36. The van der Waals surface area contributed by atoms with Crippen molar-refractivity contribution in [2.45, 2.75) is 6.04 Å². The fourth-order valence-corrected chi connectivity index (χ4v) is 4.23. The van der Waals surface area contributed by atoms with E-state index in [1.54, 1.807) is 42.5 Å². The predicted octanol–water partition coefficient (Wildman–Crippen LogP) is 6.66. The molecule has 3 aromatic carbocycles. The number of ketones is 1. The molecule has 33 heavy (non-hydrogen) atoms. The highest BCUT2D eigenvalue weighted by atomic mass is 35.5. The summed E-state index contributed by atoms with van der Waals surface area (Å²) in [5.41, 5.74) is 1.10. The first-order chi connectivity index (χ1) is 15.8. The van der Waals surface area contributed by atoms with E-state index in [1.165, 1.54) is 35.2 Å². The summed E-state index contributed by atoms with van der Waals surface area (Å²) in [6, 6.07) is 17.1. The summed E-state index contributed by atoms with van der Waals surface area (Å²) in [6.45, 7) is 0. The van der Waals surface area contributed by atoms with Gasteiger partial charge < -0.3 is 9.52 Å². The van der Waals surface area contributed by atoms with Crippen LogP contribution in [0.25, 0.3) is 11.0 Å². The summed E-state index contributed by atoms with van der Waals surface area (Å²) in [5.74, 6) is -2.68. The molecule has 0 fully saturated rings. The second kappa shape index (κ2) is 8.06. The molecule has 1 N–H and O–H groups in total. The van der Waals surface area contributed by atoms with E-state index in [2.05, 4.69) is 0 Å². The number of hydrogen-bond donors (Lipinski definition) is 1. The lowest BCUT2D eigenvalue weighted by molar-refractivity contribution is -0.117. The molecule has 8 heteroatoms. The zero-order chi connectivity index (χ0) is 23.3. The second-order valence-electron chi connectivity index (χ2n) is 7.49. The maximum Gasteiger partial charge on any atom is 0.294 e. The summed E-state index contributed by atoms with van der Waals surface area (Å²) in [5, 5.41) is 12.3. The zero-order valence-electron chi connectivity index (χ0n) is 16.8. The SMILES string of the molecule is O=C(C1=C(O)C(=O)N(c2ccc(Cl)cc2)C1c1ccc(F)cc1)c1cc2cc(Cl)ccc2o1. The molecule has 1 unspecified atom stereocenters. The molecule has 164 valence electrons. The summed E-state index contributed by atoms with van der Waals surface area (Å²) in [7, 11) is 0. The number of furan rings is 1. The van der Waals surface area contributed by atoms with Gasteiger partial charge in [-0.05, 0) is 66.2 Å². The van der Waals surface area contributed by atoms with Crippen LogP contribution in [0.4, 0.5) is 10.1 Å². The van der Waals surface area contributed by atoms with Crippen LogP contribution in [0.15, 0.2) is 88.5 Å². The normalized spacial score (nSPS) is 16.2. The minimum absolute atomic E-state index is 0.0633. The van der Waals surface area contributed by atoms with Gasteiger partial charge in [-0.1, -0.05) is 35.3 Å². The number of aliphatic hydroxyl groups is 1. The number of halogens is 3. The zero-order valence-corrected chi connectivity index (χ0v) is 18.3. The van der Waals surface area contributed by atoms with Gasteiger partial charge in [0.1, 0.15) is 11.4 Å². The molecule has 0 saturated heterocycles. The molecule has 1 aliphatic heterocycles. The van der Waals surface area contributed by atoms with Crippen LogP contribution in [0.1, 0.15) is 22.2 Å². The Morgan fingerprint density at radius 1 is 0.939 bits per heavy atom. The van der Waals surface area contributed by atoms with Gasteiger partial charge in [-0.2, -0.15) is 0 Å². The van der Waals surface area contributed by atoms with Crippen molar-refractivity contribution in [2.75, 3.05) is 4.90 Å². The number of Topliss-reactive ketones (excluding diaryl/α,β-unsaturated/α-hetero) is 1. The van der Waals surface area contributed by atoms with Crippen LogP contribution in [0.3, 0.4) is 0 Å². The van der Waals surface area contributed by atoms with Gasteiger partial charge in [0, 0.05) is 21.1 Å². The number of aliphatic hydroxyl groups excluding tert-OH is 1. The summed E-state index contributed by atoms with van der Waals surface area (Å²) in [4.78, 5) is 27.9. The first kappa shape index (κ1) is 21.2. The van der Waals surface area contributed by atoms with Crippen LogP contribution >= 0.6 is 23.2 Å². The topological polar surface area (TPSA) is 70.8 Å². The highest BCUT2D eigenvalue weighted by Gasteiger charge is 2.45. The molecule has 2 heterocycles. The van der Waals surface area contributed by atoms with Crippen LogP contribution in [-0.2, 0) is 4.79 Å². The molecule has 0 bridgehead atoms. The number of benzene rings is 3. The first-order valence-electron chi connectivity index (χ1n) is 9.85. The average Bonchev–Trinajstić information content (AvgIpc) is 3.33. The van der Waals surface area contributed by atoms with Crippen molar-refractivity contribution in [2.24, 2.45) is 0 Å². The highest BCUT2D eigenvalue weighted by molar-refractivity contribution is 6.31. The van der Waals surface area contributed by atoms with Gasteiger partial charge in [-0.15, -0.1) is 0 Å². The number of rotatable bonds is 4. The van der Waals surface area contributed by atoms with Crippen LogP contribution < -0.4 is 4.90 Å². The van der Waals surface area contributed by atoms with Crippen LogP contribution in [0.5, 0.6) is 0 Å². The van der Waals surface area contributed by atoms with Crippen molar-refractivity contribution in [1.82, 2.24) is 0 Å². The quantitative estimate of drug-likeness (QED) is 0.330. The van der Waals surface area contributed by atoms with Crippen molar-refractivity contribution in [3.63, 3.8) is 0 Å². The monoisotopic (exact) mass is 481 g/mol. The molecule has 0 radical (unpaired) electrons. The molecule has 1 aromatic heterocycles. The van der Waals surface area contributed by atoms with E-state index in [9.17, 15) is 19.1 Å². The number of anilines is 1. The predicted molar refractivity (Wildman–Crippen MR) is 123 cm³/mol. The lowest BCUT2D eigenvalue weighted by Crippen LogP contribution is -2.31. The lowest BCUT2D eigenvalue weighted by Gasteiger charge is -2.26. The van der Waals surface area contributed by atoms with E-state index in [0.717, 1.165) is 0 Å². The summed E-state index contributed by atoms with van der Waals surface area (Å²) in [6.07, 6.45) is 0. The Balaban J connectivity index is 1.65. The van der Waals surface area contributed by atoms with Gasteiger partial charge in [0.2, 0.25) is 5.78 Å². The van der Waals surface area contributed by atoms with Gasteiger partial charge in [0.15, 0.2) is 11.5 Å². The van der Waals surface area contributed by atoms with Crippen molar-refractivity contribution in [1.29, 1.82) is 0 Å². The molecule has 0 aliphatic carbocycles. The van der Waals surface area contributed by atoms with Crippen LogP contribution in [0.2, 0.25) is 10.0 Å². The van der Waals surface area contributed by atoms with Crippen molar-refractivity contribution in [3.8, 4) is 0 Å². The number of nitrogens with zero attached hydrogens (tertiary/aromatic N) is 1. The number of carbonyl (C=O) groups is 2. The Morgan fingerprint density at radius 3 is 2.30 bits per heavy atom. The third-order valence-electron chi connectivity index (χ3n) is 5.45. The Hall–Kier alpha value is -3.61. The van der Waals surface area contributed by atoms with Gasteiger partial charge >= 0.3 is 0 Å². The van der Waals surface area contributed by atoms with E-state index in [-0.39, 0.29) is 11.3 Å². The Morgan fingerprint density at radius 2 is 1.61 bits per heavy atom. The van der Waals surface area contributed by atoms with E-state index >= 15 is 0 Å². The fourth-order valence-electron chi connectivity index (χ4n) is 3.92. The third kappa shape index (κ3) is 3.67. The van der Waals surface area contributed by atoms with E-state index < -0.39 is 29.3 Å². The molecule has 1 aliphatic rings. The Labute approximate surface area is 197 Å². The molecule has 5 nitrogen and oxygen atoms in total. The number of amides is 1. The van der Waals surface area contributed by atoms with Crippen molar-refractivity contribution in [3.05, 3.63) is 111 Å². The lowest BCUT2D eigenvalue weighted by atomic mass is 9.94. The maximum atomic E-state index is 13.6. The molecule has 5 rings (SSSR count). The molecule has 0 saturated carbocycles. The molecule has 4 aromatic rings. The standard InChI is InChI=1S/C25H14Cl2FNO4/c26-15-3-8-18(9-4-15)29-22(13-1-6-17(28)7-2-13)21(24(31)25(29)32)23(30)20-12-14-11-16(27)5-10-19(14)33-20/h1-12,22,31H. The molecular weight excluding hydrogens is 468 g/mol. The minimum atomic E-state index is -1.01. The van der Waals surface area contributed by atoms with Gasteiger partial charge in [-0.3, -0.25) is 14.5 Å². The minimum Gasteiger partial charge on any atom is -0.503 e. The fraction of sp³-hybridized carbons (Fsp3) is 0.0400. The molecule has 1 atom stereocenters. The molecule has 0 spiro atoms. The molecule has 1 amide bonds.